The monoisotopic (exact) mass is 374 g/mol. The number of halogens is 2. The van der Waals surface area contributed by atoms with Crippen molar-refractivity contribution in [2.24, 2.45) is 4.99 Å². The minimum Gasteiger partial charge on any atom is -0.407 e. The molecular weight excluding hydrogens is 351 g/mol. The van der Waals surface area contributed by atoms with Gasteiger partial charge in [-0.25, -0.2) is 4.79 Å². The number of carbonyl (C=O) groups excluding carboxylic acids is 1. The molecule has 0 aromatic rings. The Hall–Kier alpha value is -1.30. The number of hydrogen-bond acceptors (Lipinski definition) is 4. The zero-order valence-electron chi connectivity index (χ0n) is 14.3. The molecule has 1 aliphatic heterocycles. The summed E-state index contributed by atoms with van der Waals surface area (Å²) in [6.07, 6.45) is 3.35. The second-order valence-electron chi connectivity index (χ2n) is 5.16. The fraction of sp³-hybridized carbons (Fsp3) is 0.529. The Bertz CT molecular complexity index is 548. The summed E-state index contributed by atoms with van der Waals surface area (Å²) in [5.41, 5.74) is 0.912. The molecule has 0 bridgehead atoms. The molecule has 1 atom stereocenters. The van der Waals surface area contributed by atoms with Gasteiger partial charge in [-0.3, -0.25) is 4.99 Å². The summed E-state index contributed by atoms with van der Waals surface area (Å²) >= 11 is 12.4. The molecule has 0 aromatic heterocycles. The predicted octanol–water partition coefficient (Wildman–Crippen LogP) is 4.47. The molecule has 1 heterocycles. The summed E-state index contributed by atoms with van der Waals surface area (Å²) in [5, 5.41) is 0.00532. The van der Waals surface area contributed by atoms with Crippen molar-refractivity contribution in [3.8, 4) is 0 Å². The molecule has 5 nitrogen and oxygen atoms in total. The first-order valence-corrected chi connectivity index (χ1v) is 8.69. The SMILES string of the molecule is C=C(C(=N/C=C\C)/C(OC(=O)N1CCOCC1)=C(/Cl)CC)C(C)Cl. The van der Waals surface area contributed by atoms with Crippen LogP contribution >= 0.6 is 23.2 Å². The van der Waals surface area contributed by atoms with Crippen LogP contribution in [-0.2, 0) is 9.47 Å². The lowest BCUT2D eigenvalue weighted by Crippen LogP contribution is -2.41. The number of allylic oxidation sites excluding steroid dienone is 3. The first-order valence-electron chi connectivity index (χ1n) is 7.88. The third kappa shape index (κ3) is 5.96. The van der Waals surface area contributed by atoms with E-state index >= 15 is 0 Å². The molecule has 7 heteroatoms. The van der Waals surface area contributed by atoms with Crippen molar-refractivity contribution in [1.82, 2.24) is 4.90 Å². The van der Waals surface area contributed by atoms with Gasteiger partial charge < -0.3 is 14.4 Å². The van der Waals surface area contributed by atoms with Crippen LogP contribution in [0.3, 0.4) is 0 Å². The van der Waals surface area contributed by atoms with E-state index in [1.54, 1.807) is 24.1 Å². The minimum absolute atomic E-state index is 0.200. The van der Waals surface area contributed by atoms with Crippen molar-refractivity contribution in [1.29, 1.82) is 0 Å². The standard InChI is InChI=1S/C17H24Cl2N2O3/c1-5-7-20-15(12(3)13(4)18)16(14(19)6-2)24-17(22)21-8-10-23-11-9-21/h5,7,13H,3,6,8-11H2,1-2,4H3/b7-5-,16-14-,20-15-. The summed E-state index contributed by atoms with van der Waals surface area (Å²) in [7, 11) is 0. The molecule has 0 aliphatic carbocycles. The Morgan fingerprint density at radius 1 is 1.46 bits per heavy atom. The Kier molecular flexibility index (Phi) is 9.11. The zero-order valence-corrected chi connectivity index (χ0v) is 15.9. The van der Waals surface area contributed by atoms with E-state index in [2.05, 4.69) is 11.6 Å². The average Bonchev–Trinajstić information content (AvgIpc) is 2.60. The van der Waals surface area contributed by atoms with Crippen LogP contribution in [0.5, 0.6) is 0 Å². The van der Waals surface area contributed by atoms with Crippen LogP contribution in [0, 0.1) is 0 Å². The van der Waals surface area contributed by atoms with Crippen molar-refractivity contribution in [2.75, 3.05) is 26.3 Å². The highest BCUT2D eigenvalue weighted by Crippen LogP contribution is 2.24. The number of aliphatic imine (C=N–C) groups is 1. The molecule has 0 aromatic carbocycles. The first-order chi connectivity index (χ1) is 11.4. The lowest BCUT2D eigenvalue weighted by molar-refractivity contribution is 0.0360. The summed E-state index contributed by atoms with van der Waals surface area (Å²) in [5.74, 6) is 0.200. The van der Waals surface area contributed by atoms with E-state index in [-0.39, 0.29) is 11.1 Å². The fourth-order valence-electron chi connectivity index (χ4n) is 1.92. The van der Waals surface area contributed by atoms with E-state index in [4.69, 9.17) is 32.7 Å². The van der Waals surface area contributed by atoms with Gasteiger partial charge >= 0.3 is 6.09 Å². The lowest BCUT2D eigenvalue weighted by atomic mass is 10.1. The molecule has 134 valence electrons. The van der Waals surface area contributed by atoms with Gasteiger partial charge in [0.15, 0.2) is 5.76 Å². The van der Waals surface area contributed by atoms with Gasteiger partial charge in [-0.1, -0.05) is 31.2 Å². The van der Waals surface area contributed by atoms with Crippen LogP contribution in [0.1, 0.15) is 27.2 Å². The fourth-order valence-corrected chi connectivity index (χ4v) is 2.15. The maximum atomic E-state index is 12.4. The molecule has 1 unspecified atom stereocenters. The Morgan fingerprint density at radius 3 is 2.58 bits per heavy atom. The third-order valence-electron chi connectivity index (χ3n) is 3.37. The van der Waals surface area contributed by atoms with Crippen LogP contribution in [0.15, 0.2) is 40.2 Å². The highest BCUT2D eigenvalue weighted by atomic mass is 35.5. The summed E-state index contributed by atoms with van der Waals surface area (Å²) < 4.78 is 10.8. The molecule has 1 rings (SSSR count). The maximum absolute atomic E-state index is 12.4. The number of morpholine rings is 1. The maximum Gasteiger partial charge on any atom is 0.415 e. The average molecular weight is 375 g/mol. The normalized spacial score (nSPS) is 18.4. The van der Waals surface area contributed by atoms with Crippen molar-refractivity contribution >= 4 is 35.0 Å². The molecule has 1 fully saturated rings. The largest absolute Gasteiger partial charge is 0.415 e. The number of hydrogen-bond donors (Lipinski definition) is 0. The topological polar surface area (TPSA) is 51.1 Å². The van der Waals surface area contributed by atoms with Crippen LogP contribution in [0.2, 0.25) is 0 Å². The summed E-state index contributed by atoms with van der Waals surface area (Å²) in [6.45, 7) is 11.3. The van der Waals surface area contributed by atoms with E-state index in [9.17, 15) is 4.79 Å². The molecule has 0 radical (unpaired) electrons. The van der Waals surface area contributed by atoms with Gasteiger partial charge in [0, 0.05) is 19.3 Å². The Morgan fingerprint density at radius 2 is 2.08 bits per heavy atom. The van der Waals surface area contributed by atoms with Crippen LogP contribution in [0.25, 0.3) is 0 Å². The second kappa shape index (κ2) is 10.5. The van der Waals surface area contributed by atoms with Gasteiger partial charge in [0.2, 0.25) is 0 Å². The van der Waals surface area contributed by atoms with Gasteiger partial charge in [0.1, 0.15) is 5.71 Å². The van der Waals surface area contributed by atoms with Crippen molar-refractivity contribution in [3.05, 3.63) is 35.2 Å². The molecule has 0 saturated carbocycles. The first kappa shape index (κ1) is 20.7. The van der Waals surface area contributed by atoms with Gasteiger partial charge in [0.25, 0.3) is 0 Å². The third-order valence-corrected chi connectivity index (χ3v) is 4.07. The van der Waals surface area contributed by atoms with Crippen LogP contribution in [-0.4, -0.2) is 48.4 Å². The molecule has 0 N–H and O–H groups in total. The van der Waals surface area contributed by atoms with Gasteiger partial charge in [-0.15, -0.1) is 11.6 Å². The smallest absolute Gasteiger partial charge is 0.407 e. The molecule has 1 aliphatic rings. The number of carbonyl (C=O) groups is 1. The Balaban J connectivity index is 3.14. The number of ether oxygens (including phenoxy) is 2. The molecule has 0 spiro atoms. The van der Waals surface area contributed by atoms with Crippen molar-refractivity contribution in [2.45, 2.75) is 32.6 Å². The second-order valence-corrected chi connectivity index (χ2v) is 6.27. The van der Waals surface area contributed by atoms with Crippen LogP contribution in [0.4, 0.5) is 4.79 Å². The number of nitrogens with zero attached hydrogens (tertiary/aromatic N) is 2. The van der Waals surface area contributed by atoms with E-state index < -0.39 is 6.09 Å². The lowest BCUT2D eigenvalue weighted by Gasteiger charge is -2.27. The highest BCUT2D eigenvalue weighted by molar-refractivity contribution is 6.34. The highest BCUT2D eigenvalue weighted by Gasteiger charge is 2.25. The predicted molar refractivity (Wildman–Crippen MR) is 98.7 cm³/mol. The zero-order chi connectivity index (χ0) is 18.1. The van der Waals surface area contributed by atoms with Gasteiger partial charge in [0.05, 0.1) is 23.6 Å². The van der Waals surface area contributed by atoms with Gasteiger partial charge in [-0.05, 0) is 25.8 Å². The number of amides is 1. The number of alkyl halides is 1. The van der Waals surface area contributed by atoms with Gasteiger partial charge in [-0.2, -0.15) is 0 Å². The van der Waals surface area contributed by atoms with Crippen molar-refractivity contribution < 1.29 is 14.3 Å². The van der Waals surface area contributed by atoms with Crippen molar-refractivity contribution in [3.63, 3.8) is 0 Å². The quantitative estimate of drug-likeness (QED) is 0.391. The molecule has 1 saturated heterocycles. The van der Waals surface area contributed by atoms with E-state index in [1.165, 1.54) is 0 Å². The number of rotatable bonds is 6. The summed E-state index contributed by atoms with van der Waals surface area (Å²) in [4.78, 5) is 18.3. The van der Waals surface area contributed by atoms with E-state index in [0.29, 0.717) is 49.0 Å². The molecular formula is C17H24Cl2N2O3. The Labute approximate surface area is 153 Å². The summed E-state index contributed by atoms with van der Waals surface area (Å²) in [6, 6.07) is 0. The minimum atomic E-state index is -0.483. The molecule has 1 amide bonds. The van der Waals surface area contributed by atoms with E-state index in [0.717, 1.165) is 0 Å². The van der Waals surface area contributed by atoms with Crippen LogP contribution < -0.4 is 0 Å². The molecule has 24 heavy (non-hydrogen) atoms. The van der Waals surface area contributed by atoms with E-state index in [1.807, 2.05) is 13.8 Å².